The van der Waals surface area contributed by atoms with Gasteiger partial charge in [0.15, 0.2) is 0 Å². The molecule has 1 atom stereocenters. The predicted octanol–water partition coefficient (Wildman–Crippen LogP) is 2.91. The molecule has 1 aromatic carbocycles. The molecule has 6 nitrogen and oxygen atoms in total. The van der Waals surface area contributed by atoms with Crippen LogP contribution in [0.4, 0.5) is 5.13 Å². The third-order valence-electron chi connectivity index (χ3n) is 3.25. The SMILES string of the molecule is O=C(O)CC(CCCC(=O)Nc1nncs1)c1ccccc1. The first-order chi connectivity index (χ1) is 10.6. The molecule has 2 N–H and O–H groups in total. The van der Waals surface area contributed by atoms with Gasteiger partial charge in [-0.25, -0.2) is 0 Å². The number of carboxylic acid groups (broad SMARTS) is 1. The molecule has 0 bridgehead atoms. The van der Waals surface area contributed by atoms with Crippen LogP contribution in [0.25, 0.3) is 0 Å². The van der Waals surface area contributed by atoms with E-state index >= 15 is 0 Å². The van der Waals surface area contributed by atoms with Crippen LogP contribution in [0.5, 0.6) is 0 Å². The second-order valence-corrected chi connectivity index (χ2v) is 5.72. The van der Waals surface area contributed by atoms with Gasteiger partial charge in [-0.2, -0.15) is 0 Å². The molecule has 116 valence electrons. The summed E-state index contributed by atoms with van der Waals surface area (Å²) in [7, 11) is 0. The number of aromatic nitrogens is 2. The average Bonchev–Trinajstić information content (AvgIpc) is 2.99. The number of nitrogens with one attached hydrogen (secondary N) is 1. The van der Waals surface area contributed by atoms with Crippen molar-refractivity contribution in [2.24, 2.45) is 0 Å². The number of anilines is 1. The quantitative estimate of drug-likeness (QED) is 0.780. The predicted molar refractivity (Wildman–Crippen MR) is 83.8 cm³/mol. The monoisotopic (exact) mass is 319 g/mol. The van der Waals surface area contributed by atoms with Gasteiger partial charge in [-0.3, -0.25) is 9.59 Å². The number of amides is 1. The van der Waals surface area contributed by atoms with Crippen LogP contribution >= 0.6 is 11.3 Å². The molecule has 0 fully saturated rings. The summed E-state index contributed by atoms with van der Waals surface area (Å²) in [6.07, 6.45) is 1.68. The Hall–Kier alpha value is -2.28. The molecule has 2 rings (SSSR count). The molecule has 1 heterocycles. The Balaban J connectivity index is 1.83. The van der Waals surface area contributed by atoms with Gasteiger partial charge < -0.3 is 10.4 Å². The normalized spacial score (nSPS) is 11.8. The largest absolute Gasteiger partial charge is 0.481 e. The smallest absolute Gasteiger partial charge is 0.303 e. The summed E-state index contributed by atoms with van der Waals surface area (Å²) < 4.78 is 0. The Morgan fingerprint density at radius 3 is 2.68 bits per heavy atom. The van der Waals surface area contributed by atoms with Gasteiger partial charge in [-0.05, 0) is 24.3 Å². The zero-order valence-corrected chi connectivity index (χ0v) is 12.8. The van der Waals surface area contributed by atoms with Crippen molar-refractivity contribution in [1.29, 1.82) is 0 Å². The Morgan fingerprint density at radius 1 is 1.27 bits per heavy atom. The maximum atomic E-state index is 11.8. The molecule has 0 aliphatic carbocycles. The molecule has 0 radical (unpaired) electrons. The van der Waals surface area contributed by atoms with Crippen LogP contribution in [0.15, 0.2) is 35.8 Å². The first-order valence-corrected chi connectivity index (χ1v) is 7.86. The van der Waals surface area contributed by atoms with E-state index in [2.05, 4.69) is 15.5 Å². The highest BCUT2D eigenvalue weighted by atomic mass is 32.1. The topological polar surface area (TPSA) is 92.2 Å². The molecule has 0 aliphatic heterocycles. The Kier molecular flexibility index (Phi) is 6.02. The average molecular weight is 319 g/mol. The fourth-order valence-corrected chi connectivity index (χ4v) is 2.70. The van der Waals surface area contributed by atoms with Crippen LogP contribution in [-0.2, 0) is 9.59 Å². The van der Waals surface area contributed by atoms with Crippen molar-refractivity contribution in [2.75, 3.05) is 5.32 Å². The molecule has 1 aromatic heterocycles. The second kappa shape index (κ2) is 8.23. The van der Waals surface area contributed by atoms with Gasteiger partial charge in [-0.1, -0.05) is 41.7 Å². The summed E-state index contributed by atoms with van der Waals surface area (Å²) in [6, 6.07) is 9.54. The van der Waals surface area contributed by atoms with Crippen molar-refractivity contribution < 1.29 is 14.7 Å². The molecular formula is C15H17N3O3S. The van der Waals surface area contributed by atoms with Gasteiger partial charge in [0.05, 0.1) is 6.42 Å². The molecule has 0 saturated heterocycles. The molecule has 0 saturated carbocycles. The van der Waals surface area contributed by atoms with Crippen LogP contribution in [-0.4, -0.2) is 27.2 Å². The minimum Gasteiger partial charge on any atom is -0.481 e. The summed E-state index contributed by atoms with van der Waals surface area (Å²) >= 11 is 1.26. The van der Waals surface area contributed by atoms with Crippen molar-refractivity contribution in [1.82, 2.24) is 10.2 Å². The summed E-state index contributed by atoms with van der Waals surface area (Å²) in [5.41, 5.74) is 2.54. The van der Waals surface area contributed by atoms with Crippen LogP contribution in [0, 0.1) is 0 Å². The van der Waals surface area contributed by atoms with Gasteiger partial charge >= 0.3 is 5.97 Å². The fraction of sp³-hybridized carbons (Fsp3) is 0.333. The standard InChI is InChI=1S/C15H17N3O3S/c19-13(17-15-18-16-10-22-15)8-4-7-12(9-14(20)21)11-5-2-1-3-6-11/h1-3,5-6,10,12H,4,7-9H2,(H,20,21)(H,17,18,19). The highest BCUT2D eigenvalue weighted by Gasteiger charge is 2.16. The zero-order valence-electron chi connectivity index (χ0n) is 11.9. The molecule has 0 aliphatic rings. The molecular weight excluding hydrogens is 302 g/mol. The lowest BCUT2D eigenvalue weighted by molar-refractivity contribution is -0.137. The van der Waals surface area contributed by atoms with Crippen LogP contribution in [0.2, 0.25) is 0 Å². The number of hydrogen-bond acceptors (Lipinski definition) is 5. The molecule has 22 heavy (non-hydrogen) atoms. The number of benzene rings is 1. The third-order valence-corrected chi connectivity index (χ3v) is 3.86. The first kappa shape index (κ1) is 16.1. The van der Waals surface area contributed by atoms with E-state index < -0.39 is 5.97 Å². The lowest BCUT2D eigenvalue weighted by atomic mass is 9.90. The van der Waals surface area contributed by atoms with E-state index in [4.69, 9.17) is 5.11 Å². The van der Waals surface area contributed by atoms with Crippen molar-refractivity contribution in [3.05, 3.63) is 41.4 Å². The van der Waals surface area contributed by atoms with Gasteiger partial charge in [0, 0.05) is 6.42 Å². The van der Waals surface area contributed by atoms with E-state index in [-0.39, 0.29) is 18.2 Å². The lowest BCUT2D eigenvalue weighted by Gasteiger charge is -2.15. The van der Waals surface area contributed by atoms with E-state index in [9.17, 15) is 9.59 Å². The first-order valence-electron chi connectivity index (χ1n) is 6.98. The number of carbonyl (C=O) groups excluding carboxylic acids is 1. The Bertz CT molecular complexity index is 602. The maximum Gasteiger partial charge on any atom is 0.303 e. The number of rotatable bonds is 8. The summed E-state index contributed by atoms with van der Waals surface area (Å²) in [5, 5.41) is 19.6. The van der Waals surface area contributed by atoms with Crippen molar-refractivity contribution in [2.45, 2.75) is 31.6 Å². The molecule has 1 amide bonds. The second-order valence-electron chi connectivity index (χ2n) is 4.89. The van der Waals surface area contributed by atoms with Crippen molar-refractivity contribution >= 4 is 28.3 Å². The summed E-state index contributed by atoms with van der Waals surface area (Å²) in [4.78, 5) is 22.8. The number of carboxylic acids is 1. The van der Waals surface area contributed by atoms with E-state index in [1.165, 1.54) is 11.3 Å². The van der Waals surface area contributed by atoms with Gasteiger partial charge in [-0.15, -0.1) is 10.2 Å². The highest BCUT2D eigenvalue weighted by molar-refractivity contribution is 7.13. The van der Waals surface area contributed by atoms with E-state index in [0.29, 0.717) is 24.4 Å². The minimum atomic E-state index is -0.827. The number of aliphatic carboxylic acids is 1. The van der Waals surface area contributed by atoms with E-state index in [1.807, 2.05) is 30.3 Å². The Labute approximate surface area is 132 Å². The van der Waals surface area contributed by atoms with Gasteiger partial charge in [0.1, 0.15) is 5.51 Å². The number of nitrogens with zero attached hydrogens (tertiary/aromatic N) is 2. The molecule has 2 aromatic rings. The Morgan fingerprint density at radius 2 is 2.05 bits per heavy atom. The van der Waals surface area contributed by atoms with Crippen LogP contribution < -0.4 is 5.32 Å². The molecule has 1 unspecified atom stereocenters. The maximum absolute atomic E-state index is 11.8. The minimum absolute atomic E-state index is 0.0715. The van der Waals surface area contributed by atoms with Crippen molar-refractivity contribution in [3.8, 4) is 0 Å². The van der Waals surface area contributed by atoms with Gasteiger partial charge in [0.2, 0.25) is 11.0 Å². The zero-order chi connectivity index (χ0) is 15.8. The number of hydrogen-bond donors (Lipinski definition) is 2. The highest BCUT2D eigenvalue weighted by Crippen LogP contribution is 2.25. The third kappa shape index (κ3) is 5.25. The fourth-order valence-electron chi connectivity index (χ4n) is 2.24. The van der Waals surface area contributed by atoms with E-state index in [0.717, 1.165) is 5.56 Å². The summed E-state index contributed by atoms with van der Waals surface area (Å²) in [5.74, 6) is -1.03. The lowest BCUT2D eigenvalue weighted by Crippen LogP contribution is -2.12. The van der Waals surface area contributed by atoms with Crippen LogP contribution in [0.1, 0.15) is 37.2 Å². The van der Waals surface area contributed by atoms with E-state index in [1.54, 1.807) is 5.51 Å². The van der Waals surface area contributed by atoms with Crippen molar-refractivity contribution in [3.63, 3.8) is 0 Å². The number of carbonyl (C=O) groups is 2. The van der Waals surface area contributed by atoms with Crippen LogP contribution in [0.3, 0.4) is 0 Å². The summed E-state index contributed by atoms with van der Waals surface area (Å²) in [6.45, 7) is 0. The molecule has 7 heteroatoms. The molecule has 0 spiro atoms. The van der Waals surface area contributed by atoms with Gasteiger partial charge in [0.25, 0.3) is 0 Å².